The normalized spacial score (nSPS) is 26.1. The number of hydrogen-bond donors (Lipinski definition) is 3. The largest absolute Gasteiger partial charge is 0.482 e. The average molecular weight is 627 g/mol. The fraction of sp³-hybridized carbons (Fsp3) is 0.643. The Balaban J connectivity index is 1.58. The van der Waals surface area contributed by atoms with Gasteiger partial charge in [-0.05, 0) is 66.0 Å². The Bertz CT molecular complexity index is 944. The second-order valence-corrected chi connectivity index (χ2v) is 11.5. The van der Waals surface area contributed by atoms with Gasteiger partial charge >= 0.3 is 0 Å². The van der Waals surface area contributed by atoms with E-state index in [0.717, 1.165) is 22.8 Å². The lowest BCUT2D eigenvalue weighted by molar-refractivity contribution is -0.141. The zero-order valence-corrected chi connectivity index (χ0v) is 23.5. The van der Waals surface area contributed by atoms with Crippen LogP contribution in [0.1, 0.15) is 57.8 Å². The first kappa shape index (κ1) is 28.3. The summed E-state index contributed by atoms with van der Waals surface area (Å²) >= 11 is 2.18. The highest BCUT2D eigenvalue weighted by Crippen LogP contribution is 2.32. The van der Waals surface area contributed by atoms with E-state index in [1.54, 1.807) is 11.0 Å². The summed E-state index contributed by atoms with van der Waals surface area (Å²) in [4.78, 5) is 28.4. The van der Waals surface area contributed by atoms with E-state index >= 15 is 0 Å². The van der Waals surface area contributed by atoms with E-state index in [0.29, 0.717) is 36.8 Å². The molecule has 4 rings (SSSR count). The number of hydrogen-bond acceptors (Lipinski definition) is 6. The first-order chi connectivity index (χ1) is 18.0. The molecule has 1 saturated carbocycles. The van der Waals surface area contributed by atoms with Gasteiger partial charge in [0, 0.05) is 38.1 Å². The quantitative estimate of drug-likeness (QED) is 0.326. The number of aliphatic hydroxyl groups is 2. The van der Waals surface area contributed by atoms with Crippen LogP contribution in [0, 0.1) is 9.49 Å². The molecular formula is C28H39IN2O6. The lowest BCUT2D eigenvalue weighted by atomic mass is 9.87. The second-order valence-electron chi connectivity index (χ2n) is 10.3. The highest BCUT2D eigenvalue weighted by atomic mass is 127. The van der Waals surface area contributed by atoms with Gasteiger partial charge in [-0.2, -0.15) is 0 Å². The molecule has 204 valence electrons. The van der Waals surface area contributed by atoms with Crippen LogP contribution < -0.4 is 10.1 Å². The van der Waals surface area contributed by atoms with Crippen LogP contribution in [0.3, 0.4) is 0 Å². The summed E-state index contributed by atoms with van der Waals surface area (Å²) < 4.78 is 13.0. The first-order valence-electron chi connectivity index (χ1n) is 13.6. The second kappa shape index (κ2) is 13.9. The van der Waals surface area contributed by atoms with Crippen molar-refractivity contribution >= 4 is 34.4 Å². The maximum absolute atomic E-state index is 13.7. The van der Waals surface area contributed by atoms with Crippen LogP contribution in [-0.4, -0.2) is 77.6 Å². The Morgan fingerprint density at radius 1 is 1.16 bits per heavy atom. The number of amides is 2. The van der Waals surface area contributed by atoms with Crippen LogP contribution in [0.2, 0.25) is 0 Å². The minimum Gasteiger partial charge on any atom is -0.482 e. The molecule has 3 N–H and O–H groups in total. The van der Waals surface area contributed by atoms with E-state index in [9.17, 15) is 19.8 Å². The number of carbonyl (C=O) groups is 2. The third-order valence-corrected chi connectivity index (χ3v) is 8.59. The molecule has 8 nitrogen and oxygen atoms in total. The van der Waals surface area contributed by atoms with Crippen molar-refractivity contribution in [1.29, 1.82) is 0 Å². The SMILES string of the molecule is O=C(NCCO)C1=CC(Oc2ccccc2I)C(O)C(N(CC2CCCO2)C(=O)CCC2CCCC2)C1. The molecule has 0 bridgehead atoms. The maximum atomic E-state index is 13.7. The molecule has 2 amide bonds. The van der Waals surface area contributed by atoms with Crippen molar-refractivity contribution in [1.82, 2.24) is 10.2 Å². The molecule has 2 aliphatic carbocycles. The van der Waals surface area contributed by atoms with E-state index in [4.69, 9.17) is 9.47 Å². The van der Waals surface area contributed by atoms with Crippen LogP contribution >= 0.6 is 22.6 Å². The topological polar surface area (TPSA) is 108 Å². The fourth-order valence-electron chi connectivity index (χ4n) is 5.67. The summed E-state index contributed by atoms with van der Waals surface area (Å²) in [6.07, 6.45) is 7.90. The standard InChI is InChI=1S/C28H39IN2O6/c29-22-9-3-4-10-24(22)37-25-17-20(28(35)30-13-14-32)16-23(27(25)34)31(18-21-8-5-15-36-21)26(33)12-11-19-6-1-2-7-19/h3-4,9-10,17,19,21,23,25,27,32,34H,1-2,5-8,11-16,18H2,(H,30,35). The Labute approximate surface area is 232 Å². The molecule has 4 atom stereocenters. The number of nitrogens with one attached hydrogen (secondary N) is 1. The van der Waals surface area contributed by atoms with Crippen molar-refractivity contribution in [3.8, 4) is 5.75 Å². The minimum absolute atomic E-state index is 0.00323. The first-order valence-corrected chi connectivity index (χ1v) is 14.6. The molecule has 1 aromatic carbocycles. The summed E-state index contributed by atoms with van der Waals surface area (Å²) in [6.45, 7) is 1.03. The molecule has 37 heavy (non-hydrogen) atoms. The lowest BCUT2D eigenvalue weighted by Crippen LogP contribution is -2.56. The van der Waals surface area contributed by atoms with Gasteiger partial charge in [0.2, 0.25) is 11.8 Å². The molecule has 0 aromatic heterocycles. The monoisotopic (exact) mass is 626 g/mol. The fourth-order valence-corrected chi connectivity index (χ4v) is 6.18. The summed E-state index contributed by atoms with van der Waals surface area (Å²) in [7, 11) is 0. The van der Waals surface area contributed by atoms with Crippen molar-refractivity contribution < 1.29 is 29.3 Å². The molecule has 0 spiro atoms. The van der Waals surface area contributed by atoms with Crippen LogP contribution in [0.4, 0.5) is 0 Å². The molecule has 1 saturated heterocycles. The number of halogens is 1. The van der Waals surface area contributed by atoms with Gasteiger partial charge in [-0.1, -0.05) is 37.8 Å². The molecule has 1 aliphatic heterocycles. The van der Waals surface area contributed by atoms with Crippen LogP contribution in [0.25, 0.3) is 0 Å². The number of benzene rings is 1. The summed E-state index contributed by atoms with van der Waals surface area (Å²) in [6, 6.07) is 6.89. The van der Waals surface area contributed by atoms with E-state index < -0.39 is 18.2 Å². The van der Waals surface area contributed by atoms with Crippen molar-refractivity contribution in [2.75, 3.05) is 26.3 Å². The lowest BCUT2D eigenvalue weighted by Gasteiger charge is -2.41. The number of rotatable bonds is 11. The summed E-state index contributed by atoms with van der Waals surface area (Å²) in [5.41, 5.74) is 0.445. The number of ether oxygens (including phenoxy) is 2. The van der Waals surface area contributed by atoms with Gasteiger partial charge in [-0.25, -0.2) is 0 Å². The van der Waals surface area contributed by atoms with Gasteiger partial charge in [-0.3, -0.25) is 9.59 Å². The van der Waals surface area contributed by atoms with Gasteiger partial charge in [0.15, 0.2) is 0 Å². The van der Waals surface area contributed by atoms with Crippen LogP contribution in [0.15, 0.2) is 35.9 Å². The molecular weight excluding hydrogens is 587 g/mol. The Morgan fingerprint density at radius 2 is 1.95 bits per heavy atom. The molecule has 0 radical (unpaired) electrons. The molecule has 9 heteroatoms. The molecule has 1 aromatic rings. The molecule has 1 heterocycles. The zero-order chi connectivity index (χ0) is 26.2. The Hall–Kier alpha value is -1.69. The summed E-state index contributed by atoms with van der Waals surface area (Å²) in [5, 5.41) is 23.5. The van der Waals surface area contributed by atoms with Gasteiger partial charge in [0.05, 0.1) is 22.3 Å². The van der Waals surface area contributed by atoms with E-state index in [-0.39, 0.29) is 37.5 Å². The zero-order valence-electron chi connectivity index (χ0n) is 21.3. The van der Waals surface area contributed by atoms with Crippen LogP contribution in [-0.2, 0) is 14.3 Å². The van der Waals surface area contributed by atoms with E-state index in [1.807, 2.05) is 24.3 Å². The van der Waals surface area contributed by atoms with Gasteiger partial charge in [0.25, 0.3) is 0 Å². The van der Waals surface area contributed by atoms with Crippen molar-refractivity contribution in [2.24, 2.45) is 5.92 Å². The average Bonchev–Trinajstić information content (AvgIpc) is 3.61. The Morgan fingerprint density at radius 3 is 2.65 bits per heavy atom. The van der Waals surface area contributed by atoms with Crippen molar-refractivity contribution in [2.45, 2.75) is 82.1 Å². The third-order valence-electron chi connectivity index (χ3n) is 7.70. The number of aliphatic hydroxyl groups excluding tert-OH is 2. The molecule has 3 aliphatic rings. The number of nitrogens with zero attached hydrogens (tertiary/aromatic N) is 1. The van der Waals surface area contributed by atoms with Crippen LogP contribution in [0.5, 0.6) is 5.75 Å². The Kier molecular flexibility index (Phi) is 10.6. The van der Waals surface area contributed by atoms with Gasteiger partial charge < -0.3 is 29.9 Å². The van der Waals surface area contributed by atoms with E-state index in [2.05, 4.69) is 27.9 Å². The van der Waals surface area contributed by atoms with E-state index in [1.165, 1.54) is 25.7 Å². The third kappa shape index (κ3) is 7.68. The molecule has 4 unspecified atom stereocenters. The highest BCUT2D eigenvalue weighted by Gasteiger charge is 2.41. The summed E-state index contributed by atoms with van der Waals surface area (Å²) in [5.74, 6) is 0.868. The predicted molar refractivity (Wildman–Crippen MR) is 148 cm³/mol. The number of para-hydroxylation sites is 1. The molecule has 2 fully saturated rings. The van der Waals surface area contributed by atoms with Crippen molar-refractivity contribution in [3.63, 3.8) is 0 Å². The highest BCUT2D eigenvalue weighted by molar-refractivity contribution is 14.1. The minimum atomic E-state index is -1.01. The number of carbonyl (C=O) groups excluding carboxylic acids is 2. The smallest absolute Gasteiger partial charge is 0.247 e. The maximum Gasteiger partial charge on any atom is 0.247 e. The van der Waals surface area contributed by atoms with Crippen molar-refractivity contribution in [3.05, 3.63) is 39.5 Å². The predicted octanol–water partition coefficient (Wildman–Crippen LogP) is 3.18. The van der Waals surface area contributed by atoms with Gasteiger partial charge in [0.1, 0.15) is 18.0 Å². The van der Waals surface area contributed by atoms with Gasteiger partial charge in [-0.15, -0.1) is 0 Å².